The third-order valence-electron chi connectivity index (χ3n) is 1.54. The van der Waals surface area contributed by atoms with Crippen molar-refractivity contribution in [2.24, 2.45) is 11.5 Å². The largest absolute Gasteiger partial charge is 0.389 e. The van der Waals surface area contributed by atoms with Gasteiger partial charge < -0.3 is 21.3 Å². The Bertz CT molecular complexity index is 113. The second kappa shape index (κ2) is 6.32. The highest BCUT2D eigenvalue weighted by Gasteiger charge is 2.11. The van der Waals surface area contributed by atoms with E-state index >= 15 is 0 Å². The molecule has 4 heteroatoms. The lowest BCUT2D eigenvalue weighted by Crippen LogP contribution is -2.32. The lowest BCUT2D eigenvalue weighted by atomic mass is 10.1. The predicted octanol–water partition coefficient (Wildman–Crippen LogP) is 0.0861. The Labute approximate surface area is 81.3 Å². The Hall–Kier alpha value is -0.160. The average Bonchev–Trinajstić information content (AvgIpc) is 2.04. The molecule has 0 rings (SSSR count). The van der Waals surface area contributed by atoms with Gasteiger partial charge >= 0.3 is 0 Å². The van der Waals surface area contributed by atoms with Crippen LogP contribution >= 0.6 is 0 Å². The van der Waals surface area contributed by atoms with Crippen molar-refractivity contribution in [1.29, 1.82) is 0 Å². The molecular weight excluding hydrogens is 168 g/mol. The van der Waals surface area contributed by atoms with E-state index in [0.29, 0.717) is 13.1 Å². The van der Waals surface area contributed by atoms with Gasteiger partial charge in [-0.05, 0) is 27.7 Å². The molecule has 0 atom stereocenters. The molecule has 0 amide bonds. The van der Waals surface area contributed by atoms with Crippen LogP contribution in [-0.4, -0.2) is 36.5 Å². The van der Waals surface area contributed by atoms with Crippen LogP contribution in [0.1, 0.15) is 27.7 Å². The maximum atomic E-state index is 8.70. The molecule has 0 aliphatic carbocycles. The zero-order chi connectivity index (χ0) is 11.1. The van der Waals surface area contributed by atoms with Gasteiger partial charge in [0.25, 0.3) is 0 Å². The number of hydrogen-bond donors (Lipinski definition) is 3. The minimum Gasteiger partial charge on any atom is -0.389 e. The number of rotatable bonds is 3. The molecule has 0 aromatic rings. The van der Waals surface area contributed by atoms with Gasteiger partial charge in [-0.2, -0.15) is 0 Å². The summed E-state index contributed by atoms with van der Waals surface area (Å²) in [6, 6.07) is 0. The van der Waals surface area contributed by atoms with E-state index in [9.17, 15) is 0 Å². The average molecular weight is 192 g/mol. The van der Waals surface area contributed by atoms with Crippen LogP contribution in [0.15, 0.2) is 0 Å². The standard InChI is InChI=1S/C5H13NO.C4H11NO/c1-5(2,4-6)7-3;1-4(2,6)3-5/h4,6H2,1-3H3;6H,3,5H2,1-2H3. The summed E-state index contributed by atoms with van der Waals surface area (Å²) in [5.41, 5.74) is 9.53. The van der Waals surface area contributed by atoms with Crippen LogP contribution in [-0.2, 0) is 4.74 Å². The summed E-state index contributed by atoms with van der Waals surface area (Å²) in [4.78, 5) is 0. The molecule has 0 spiro atoms. The van der Waals surface area contributed by atoms with Crippen molar-refractivity contribution in [2.75, 3.05) is 20.2 Å². The number of aliphatic hydroxyl groups is 1. The Morgan fingerprint density at radius 3 is 1.38 bits per heavy atom. The van der Waals surface area contributed by atoms with E-state index in [2.05, 4.69) is 0 Å². The predicted molar refractivity (Wildman–Crippen MR) is 55.5 cm³/mol. The van der Waals surface area contributed by atoms with Crippen molar-refractivity contribution in [2.45, 2.75) is 38.9 Å². The smallest absolute Gasteiger partial charge is 0.0744 e. The maximum absolute atomic E-state index is 8.70. The first-order chi connectivity index (χ1) is 5.68. The minimum absolute atomic E-state index is 0.139. The van der Waals surface area contributed by atoms with E-state index in [1.807, 2.05) is 13.8 Å². The summed E-state index contributed by atoms with van der Waals surface area (Å²) < 4.78 is 4.96. The number of nitrogens with two attached hydrogens (primary N) is 2. The van der Waals surface area contributed by atoms with Crippen LogP contribution in [0.3, 0.4) is 0 Å². The summed E-state index contributed by atoms with van der Waals surface area (Å²) >= 11 is 0. The Balaban J connectivity index is 0. The second-order valence-electron chi connectivity index (χ2n) is 4.18. The summed E-state index contributed by atoms with van der Waals surface area (Å²) in [6.45, 7) is 8.15. The van der Waals surface area contributed by atoms with Crippen LogP contribution in [0.25, 0.3) is 0 Å². The molecule has 0 aliphatic rings. The van der Waals surface area contributed by atoms with Gasteiger partial charge in [-0.1, -0.05) is 0 Å². The van der Waals surface area contributed by atoms with Crippen LogP contribution in [0.2, 0.25) is 0 Å². The lowest BCUT2D eigenvalue weighted by Gasteiger charge is -2.19. The summed E-state index contributed by atoms with van der Waals surface area (Å²) in [5, 5.41) is 8.70. The summed E-state index contributed by atoms with van der Waals surface area (Å²) in [7, 11) is 1.66. The fraction of sp³-hybridized carbons (Fsp3) is 1.00. The number of methoxy groups -OCH3 is 1. The Morgan fingerprint density at radius 1 is 1.08 bits per heavy atom. The first-order valence-electron chi connectivity index (χ1n) is 4.36. The number of ether oxygens (including phenoxy) is 1. The molecule has 13 heavy (non-hydrogen) atoms. The molecule has 0 unspecified atom stereocenters. The van der Waals surface area contributed by atoms with Crippen molar-refractivity contribution in [3.63, 3.8) is 0 Å². The first-order valence-corrected chi connectivity index (χ1v) is 4.36. The fourth-order valence-corrected chi connectivity index (χ4v) is 0.0833. The van der Waals surface area contributed by atoms with Crippen molar-refractivity contribution >= 4 is 0 Å². The highest BCUT2D eigenvalue weighted by Crippen LogP contribution is 2.01. The van der Waals surface area contributed by atoms with E-state index in [0.717, 1.165) is 0 Å². The van der Waals surface area contributed by atoms with Crippen LogP contribution in [0.4, 0.5) is 0 Å². The van der Waals surface area contributed by atoms with Crippen molar-refractivity contribution in [3.05, 3.63) is 0 Å². The zero-order valence-corrected chi connectivity index (χ0v) is 9.42. The van der Waals surface area contributed by atoms with Crippen LogP contribution in [0, 0.1) is 0 Å². The SMILES string of the molecule is CC(C)(O)CN.COC(C)(C)CN. The fourth-order valence-electron chi connectivity index (χ4n) is 0.0833. The molecule has 0 fully saturated rings. The van der Waals surface area contributed by atoms with Crippen molar-refractivity contribution in [1.82, 2.24) is 0 Å². The van der Waals surface area contributed by atoms with Gasteiger partial charge in [0.1, 0.15) is 0 Å². The second-order valence-corrected chi connectivity index (χ2v) is 4.18. The highest BCUT2D eigenvalue weighted by atomic mass is 16.5. The van der Waals surface area contributed by atoms with E-state index in [1.54, 1.807) is 21.0 Å². The van der Waals surface area contributed by atoms with Crippen molar-refractivity contribution < 1.29 is 9.84 Å². The van der Waals surface area contributed by atoms with E-state index in [-0.39, 0.29) is 5.60 Å². The summed E-state index contributed by atoms with van der Waals surface area (Å²) in [5.74, 6) is 0. The zero-order valence-electron chi connectivity index (χ0n) is 9.42. The highest BCUT2D eigenvalue weighted by molar-refractivity contribution is 4.66. The number of hydrogen-bond acceptors (Lipinski definition) is 4. The quantitative estimate of drug-likeness (QED) is 0.592. The maximum Gasteiger partial charge on any atom is 0.0744 e. The van der Waals surface area contributed by atoms with E-state index in [1.165, 1.54) is 0 Å². The van der Waals surface area contributed by atoms with Gasteiger partial charge in [0, 0.05) is 20.2 Å². The van der Waals surface area contributed by atoms with E-state index in [4.69, 9.17) is 21.3 Å². The molecule has 4 nitrogen and oxygen atoms in total. The lowest BCUT2D eigenvalue weighted by molar-refractivity contribution is 0.0307. The minimum atomic E-state index is -0.681. The third-order valence-corrected chi connectivity index (χ3v) is 1.54. The first kappa shape index (κ1) is 15.3. The van der Waals surface area contributed by atoms with Gasteiger partial charge in [0.2, 0.25) is 0 Å². The molecule has 0 aromatic carbocycles. The molecule has 0 saturated heterocycles. The van der Waals surface area contributed by atoms with Gasteiger partial charge in [-0.25, -0.2) is 0 Å². The van der Waals surface area contributed by atoms with Gasteiger partial charge in [-0.15, -0.1) is 0 Å². The molecule has 0 aliphatic heterocycles. The topological polar surface area (TPSA) is 81.5 Å². The normalized spacial score (nSPS) is 12.0. The Kier molecular flexibility index (Phi) is 7.44. The molecule has 5 N–H and O–H groups in total. The molecule has 82 valence electrons. The van der Waals surface area contributed by atoms with E-state index < -0.39 is 5.60 Å². The summed E-state index contributed by atoms with van der Waals surface area (Å²) in [6.07, 6.45) is 0. The van der Waals surface area contributed by atoms with Crippen LogP contribution in [0.5, 0.6) is 0 Å². The monoisotopic (exact) mass is 192 g/mol. The Morgan fingerprint density at radius 2 is 1.38 bits per heavy atom. The van der Waals surface area contributed by atoms with Gasteiger partial charge in [-0.3, -0.25) is 0 Å². The molecule has 0 radical (unpaired) electrons. The molecule has 0 aromatic heterocycles. The molecule has 0 saturated carbocycles. The van der Waals surface area contributed by atoms with Gasteiger partial charge in [0.15, 0.2) is 0 Å². The van der Waals surface area contributed by atoms with Crippen LogP contribution < -0.4 is 11.5 Å². The molecule has 0 heterocycles. The molecular formula is C9H24N2O2. The molecule has 0 bridgehead atoms. The third kappa shape index (κ3) is 14.7. The van der Waals surface area contributed by atoms with Gasteiger partial charge in [0.05, 0.1) is 11.2 Å². The van der Waals surface area contributed by atoms with Crippen molar-refractivity contribution in [3.8, 4) is 0 Å².